The van der Waals surface area contributed by atoms with Crippen LogP contribution in [0, 0.1) is 6.92 Å². The van der Waals surface area contributed by atoms with Crippen molar-refractivity contribution in [3.8, 4) is 0 Å². The first-order chi connectivity index (χ1) is 6.91. The number of hydrogen-bond acceptors (Lipinski definition) is 1. The fourth-order valence-corrected chi connectivity index (χ4v) is 4.77. The van der Waals surface area contributed by atoms with Gasteiger partial charge >= 0.3 is 88.6 Å². The van der Waals surface area contributed by atoms with Gasteiger partial charge in [-0.2, -0.15) is 0 Å². The molecule has 0 amide bonds. The third-order valence-electron chi connectivity index (χ3n) is 2.39. The number of rotatable bonds is 1. The van der Waals surface area contributed by atoms with Crippen molar-refractivity contribution in [1.29, 1.82) is 0 Å². The van der Waals surface area contributed by atoms with E-state index in [-0.39, 0.29) is 0 Å². The van der Waals surface area contributed by atoms with Gasteiger partial charge in [-0.15, -0.1) is 0 Å². The van der Waals surface area contributed by atoms with E-state index in [0.29, 0.717) is 6.04 Å². The molecule has 0 bridgehead atoms. The SMILES string of the molecule is [2H]c1c(C)oc2[c]([Ge]([CH3])([CH3])[CH3])cccc12. The van der Waals surface area contributed by atoms with Crippen LogP contribution >= 0.6 is 0 Å². The molecule has 0 fully saturated rings. The zero-order valence-corrected chi connectivity index (χ0v) is 11.2. The molecule has 14 heavy (non-hydrogen) atoms. The molecular formula is C12H16GeO. The summed E-state index contributed by atoms with van der Waals surface area (Å²) in [6, 6.07) is 6.72. The summed E-state index contributed by atoms with van der Waals surface area (Å²) in [5.41, 5.74) is 0.951. The zero-order valence-electron chi connectivity index (χ0n) is 10.1. The summed E-state index contributed by atoms with van der Waals surface area (Å²) in [5.74, 6) is 7.76. The fourth-order valence-electron chi connectivity index (χ4n) is 1.70. The maximum absolute atomic E-state index is 7.90. The van der Waals surface area contributed by atoms with Crippen LogP contribution in [0.5, 0.6) is 0 Å². The first-order valence-corrected chi connectivity index (χ1v) is 12.2. The number of para-hydroxylation sites is 1. The predicted molar refractivity (Wildman–Crippen MR) is 63.9 cm³/mol. The number of benzene rings is 1. The van der Waals surface area contributed by atoms with Crippen LogP contribution in [0.3, 0.4) is 0 Å². The van der Waals surface area contributed by atoms with Gasteiger partial charge in [0.1, 0.15) is 0 Å². The van der Waals surface area contributed by atoms with E-state index >= 15 is 0 Å². The van der Waals surface area contributed by atoms with Gasteiger partial charge in [-0.3, -0.25) is 0 Å². The van der Waals surface area contributed by atoms with Gasteiger partial charge in [0, 0.05) is 0 Å². The van der Waals surface area contributed by atoms with E-state index in [1.165, 1.54) is 4.40 Å². The minimum absolute atomic E-state index is 0.540. The van der Waals surface area contributed by atoms with E-state index in [2.05, 4.69) is 23.3 Å². The summed E-state index contributed by atoms with van der Waals surface area (Å²) in [7, 11) is 0. The summed E-state index contributed by atoms with van der Waals surface area (Å²) >= 11 is -1.89. The fraction of sp³-hybridized carbons (Fsp3) is 0.333. The van der Waals surface area contributed by atoms with Crippen molar-refractivity contribution in [2.75, 3.05) is 0 Å². The first kappa shape index (κ1) is 8.60. The van der Waals surface area contributed by atoms with E-state index in [1.807, 2.05) is 19.1 Å². The molecule has 0 aliphatic carbocycles. The van der Waals surface area contributed by atoms with Crippen molar-refractivity contribution in [2.45, 2.75) is 24.2 Å². The monoisotopic (exact) mass is 251 g/mol. The van der Waals surface area contributed by atoms with Gasteiger partial charge in [0.25, 0.3) is 0 Å². The van der Waals surface area contributed by atoms with Crippen molar-refractivity contribution in [3.63, 3.8) is 0 Å². The van der Waals surface area contributed by atoms with E-state index in [0.717, 1.165) is 16.7 Å². The van der Waals surface area contributed by atoms with Crippen molar-refractivity contribution < 1.29 is 5.79 Å². The van der Waals surface area contributed by atoms with Gasteiger partial charge in [0.2, 0.25) is 0 Å². The van der Waals surface area contributed by atoms with Gasteiger partial charge < -0.3 is 0 Å². The summed E-state index contributed by atoms with van der Waals surface area (Å²) in [4.78, 5) is 0. The molecule has 0 spiro atoms. The second kappa shape index (κ2) is 3.16. The van der Waals surface area contributed by atoms with Crippen LogP contribution in [-0.2, 0) is 0 Å². The molecule has 0 aliphatic rings. The predicted octanol–water partition coefficient (Wildman–Crippen LogP) is 3.29. The molecular weight excluding hydrogens is 233 g/mol. The Bertz CT molecular complexity index is 508. The Morgan fingerprint density at radius 1 is 1.29 bits per heavy atom. The molecule has 0 atom stereocenters. The Kier molecular flexibility index (Phi) is 1.94. The summed E-state index contributed by atoms with van der Waals surface area (Å²) < 4.78 is 15.0. The van der Waals surface area contributed by atoms with Gasteiger partial charge in [-0.25, -0.2) is 0 Å². The normalized spacial score (nSPS) is 13.3. The third-order valence-corrected chi connectivity index (χ3v) is 6.61. The molecule has 0 N–H and O–H groups in total. The Morgan fingerprint density at radius 2 is 2.00 bits per heavy atom. The quantitative estimate of drug-likeness (QED) is 0.707. The Hall–Kier alpha value is -0.697. The summed E-state index contributed by atoms with van der Waals surface area (Å²) in [6.45, 7) is 1.86. The van der Waals surface area contributed by atoms with Gasteiger partial charge in [-0.05, 0) is 0 Å². The van der Waals surface area contributed by atoms with Gasteiger partial charge in [-0.1, -0.05) is 0 Å². The standard InChI is InChI=1S/C12H16GeO/c1-9-8-10-6-5-7-11(12(10)14-9)13(2,3)4/h5-8H,1-4H3/i8D. The van der Waals surface area contributed by atoms with Crippen molar-refractivity contribution in [1.82, 2.24) is 0 Å². The molecule has 0 saturated carbocycles. The topological polar surface area (TPSA) is 13.1 Å². The maximum atomic E-state index is 7.90. The minimum atomic E-state index is -1.89. The van der Waals surface area contributed by atoms with E-state index in [4.69, 9.17) is 5.79 Å². The van der Waals surface area contributed by atoms with Crippen molar-refractivity contribution in [2.24, 2.45) is 0 Å². The molecule has 0 unspecified atom stereocenters. The molecule has 1 aromatic carbocycles. The molecule has 0 saturated heterocycles. The second-order valence-electron chi connectivity index (χ2n) is 4.72. The van der Waals surface area contributed by atoms with E-state index < -0.39 is 13.3 Å². The van der Waals surface area contributed by atoms with Crippen LogP contribution in [-0.4, -0.2) is 13.3 Å². The number of fused-ring (bicyclic) bond motifs is 1. The molecule has 1 heterocycles. The van der Waals surface area contributed by atoms with Gasteiger partial charge in [0.05, 0.1) is 0 Å². The van der Waals surface area contributed by atoms with Crippen LogP contribution in [0.15, 0.2) is 28.7 Å². The third kappa shape index (κ3) is 1.61. The second-order valence-corrected chi connectivity index (χ2v) is 15.3. The van der Waals surface area contributed by atoms with Crippen molar-refractivity contribution in [3.05, 3.63) is 30.0 Å². The molecule has 2 heteroatoms. The van der Waals surface area contributed by atoms with Crippen LogP contribution in [0.4, 0.5) is 0 Å². The molecule has 1 aromatic heterocycles. The van der Waals surface area contributed by atoms with Gasteiger partial charge in [0.15, 0.2) is 0 Å². The van der Waals surface area contributed by atoms with E-state index in [1.54, 1.807) is 0 Å². The molecule has 0 aliphatic heterocycles. The molecule has 74 valence electrons. The van der Waals surface area contributed by atoms with Crippen LogP contribution in [0.25, 0.3) is 11.0 Å². The summed E-state index contributed by atoms with van der Waals surface area (Å²) in [5, 5.41) is 0.963. The Labute approximate surface area is 88.9 Å². The molecule has 1 nitrogen and oxygen atoms in total. The molecule has 2 rings (SSSR count). The number of furan rings is 1. The Morgan fingerprint density at radius 3 is 2.64 bits per heavy atom. The number of aryl methyl sites for hydroxylation is 1. The van der Waals surface area contributed by atoms with Crippen LogP contribution in [0.2, 0.25) is 17.3 Å². The number of hydrogen-bond donors (Lipinski definition) is 0. The van der Waals surface area contributed by atoms with E-state index in [9.17, 15) is 0 Å². The summed E-state index contributed by atoms with van der Waals surface area (Å²) in [6.07, 6.45) is 0. The Balaban J connectivity index is 2.83. The molecule has 0 radical (unpaired) electrons. The first-order valence-electron chi connectivity index (χ1n) is 5.40. The molecule has 2 aromatic rings. The average Bonchev–Trinajstić information content (AvgIpc) is 2.41. The zero-order chi connectivity index (χ0) is 11.2. The average molecular weight is 250 g/mol. The van der Waals surface area contributed by atoms with Crippen molar-refractivity contribution >= 4 is 28.6 Å². The van der Waals surface area contributed by atoms with Crippen LogP contribution < -0.4 is 4.40 Å². The van der Waals surface area contributed by atoms with Crippen LogP contribution in [0.1, 0.15) is 7.13 Å².